The lowest BCUT2D eigenvalue weighted by Crippen LogP contribution is -2.37. The van der Waals surface area contributed by atoms with Gasteiger partial charge in [-0.2, -0.15) is 0 Å². The predicted molar refractivity (Wildman–Crippen MR) is 105 cm³/mol. The number of ether oxygens (including phenoxy) is 2. The molecule has 1 aliphatic rings. The molecular weight excluding hydrogens is 368 g/mol. The van der Waals surface area contributed by atoms with E-state index in [-0.39, 0.29) is 18.4 Å². The minimum atomic E-state index is -0.240. The van der Waals surface area contributed by atoms with Gasteiger partial charge in [-0.15, -0.1) is 0 Å². The van der Waals surface area contributed by atoms with E-state index >= 15 is 0 Å². The smallest absolute Gasteiger partial charge is 0.239 e. The van der Waals surface area contributed by atoms with Crippen molar-refractivity contribution in [2.75, 3.05) is 20.3 Å². The van der Waals surface area contributed by atoms with Gasteiger partial charge < -0.3 is 20.1 Å². The second-order valence-electron chi connectivity index (χ2n) is 6.80. The molecule has 150 valence electrons. The summed E-state index contributed by atoms with van der Waals surface area (Å²) in [6.45, 7) is 2.62. The highest BCUT2D eigenvalue weighted by Crippen LogP contribution is 2.36. The quantitative estimate of drug-likeness (QED) is 0.670. The van der Waals surface area contributed by atoms with Crippen molar-refractivity contribution >= 4 is 23.4 Å². The summed E-state index contributed by atoms with van der Waals surface area (Å²) in [5.41, 5.74) is 0.794. The molecule has 6 nitrogen and oxygen atoms in total. The molecule has 7 heteroatoms. The molecule has 1 aromatic rings. The van der Waals surface area contributed by atoms with Crippen LogP contribution in [0.2, 0.25) is 5.02 Å². The molecule has 1 fully saturated rings. The van der Waals surface area contributed by atoms with Crippen LogP contribution >= 0.6 is 11.6 Å². The van der Waals surface area contributed by atoms with E-state index < -0.39 is 0 Å². The SMILES string of the molecule is CCOc1c(Cl)cc(CNC(=O)CNC(=O)CC2CCCCC2)cc1OC. The lowest BCUT2D eigenvalue weighted by atomic mass is 9.87. The predicted octanol–water partition coefficient (Wildman–Crippen LogP) is 3.45. The van der Waals surface area contributed by atoms with Crippen LogP contribution in [0.4, 0.5) is 0 Å². The minimum Gasteiger partial charge on any atom is -0.493 e. The number of amides is 2. The van der Waals surface area contributed by atoms with Gasteiger partial charge in [-0.1, -0.05) is 30.9 Å². The molecule has 0 aromatic heterocycles. The van der Waals surface area contributed by atoms with E-state index in [0.717, 1.165) is 18.4 Å². The van der Waals surface area contributed by atoms with Gasteiger partial charge in [-0.3, -0.25) is 9.59 Å². The van der Waals surface area contributed by atoms with Crippen LogP contribution in [0.5, 0.6) is 11.5 Å². The van der Waals surface area contributed by atoms with E-state index in [1.165, 1.54) is 19.3 Å². The number of rotatable bonds is 9. The third kappa shape index (κ3) is 6.94. The Balaban J connectivity index is 1.77. The van der Waals surface area contributed by atoms with Crippen molar-refractivity contribution in [3.05, 3.63) is 22.7 Å². The molecule has 2 N–H and O–H groups in total. The number of hydrogen-bond donors (Lipinski definition) is 2. The lowest BCUT2D eigenvalue weighted by molar-refractivity contribution is -0.126. The van der Waals surface area contributed by atoms with E-state index in [0.29, 0.717) is 42.0 Å². The molecule has 0 atom stereocenters. The van der Waals surface area contributed by atoms with Crippen molar-refractivity contribution in [3.63, 3.8) is 0 Å². The fraction of sp³-hybridized carbons (Fsp3) is 0.600. The van der Waals surface area contributed by atoms with Crippen LogP contribution in [0, 0.1) is 5.92 Å². The summed E-state index contributed by atoms with van der Waals surface area (Å²) < 4.78 is 10.8. The molecule has 0 heterocycles. The topological polar surface area (TPSA) is 76.7 Å². The summed E-state index contributed by atoms with van der Waals surface area (Å²) in [6, 6.07) is 3.51. The van der Waals surface area contributed by atoms with Crippen molar-refractivity contribution < 1.29 is 19.1 Å². The molecule has 2 rings (SSSR count). The molecule has 0 radical (unpaired) electrons. The maximum Gasteiger partial charge on any atom is 0.239 e. The first-order valence-corrected chi connectivity index (χ1v) is 9.93. The first-order chi connectivity index (χ1) is 13.0. The molecule has 0 unspecified atom stereocenters. The molecular formula is C20H29ClN2O4. The number of carbonyl (C=O) groups excluding carboxylic acids is 2. The molecule has 1 aromatic carbocycles. The molecule has 0 aliphatic heterocycles. The average molecular weight is 397 g/mol. The number of carbonyl (C=O) groups is 2. The fourth-order valence-electron chi connectivity index (χ4n) is 3.33. The second-order valence-corrected chi connectivity index (χ2v) is 7.21. The van der Waals surface area contributed by atoms with Crippen molar-refractivity contribution in [2.45, 2.75) is 52.0 Å². The van der Waals surface area contributed by atoms with Crippen LogP contribution in [0.15, 0.2) is 12.1 Å². The van der Waals surface area contributed by atoms with Crippen LogP contribution in [-0.2, 0) is 16.1 Å². The van der Waals surface area contributed by atoms with Gasteiger partial charge in [0, 0.05) is 13.0 Å². The fourth-order valence-corrected chi connectivity index (χ4v) is 3.62. The molecule has 0 spiro atoms. The highest BCUT2D eigenvalue weighted by molar-refractivity contribution is 6.32. The number of benzene rings is 1. The Hall–Kier alpha value is -1.95. The van der Waals surface area contributed by atoms with Gasteiger partial charge >= 0.3 is 0 Å². The normalized spacial score (nSPS) is 14.5. The Morgan fingerprint density at radius 3 is 2.56 bits per heavy atom. The maximum absolute atomic E-state index is 12.0. The van der Waals surface area contributed by atoms with Crippen LogP contribution in [0.25, 0.3) is 0 Å². The minimum absolute atomic E-state index is 0.0204. The first kappa shape index (κ1) is 21.4. The summed E-state index contributed by atoms with van der Waals surface area (Å²) in [4.78, 5) is 24.0. The van der Waals surface area contributed by atoms with Gasteiger partial charge in [0.15, 0.2) is 11.5 Å². The van der Waals surface area contributed by atoms with Crippen LogP contribution in [0.1, 0.15) is 51.0 Å². The van der Waals surface area contributed by atoms with Gasteiger partial charge in [-0.05, 0) is 43.4 Å². The highest BCUT2D eigenvalue weighted by atomic mass is 35.5. The Bertz CT molecular complexity index is 645. The van der Waals surface area contributed by atoms with Gasteiger partial charge in [0.05, 0.1) is 25.3 Å². The zero-order chi connectivity index (χ0) is 19.6. The molecule has 1 saturated carbocycles. The summed E-state index contributed by atoms with van der Waals surface area (Å²) in [5.74, 6) is 1.18. The van der Waals surface area contributed by atoms with E-state index in [9.17, 15) is 9.59 Å². The summed E-state index contributed by atoms with van der Waals surface area (Å²) in [5, 5.41) is 5.92. The Labute approximate surface area is 165 Å². The zero-order valence-electron chi connectivity index (χ0n) is 16.1. The summed E-state index contributed by atoms with van der Waals surface area (Å²) in [6.07, 6.45) is 6.40. The van der Waals surface area contributed by atoms with Crippen molar-refractivity contribution in [1.29, 1.82) is 0 Å². The van der Waals surface area contributed by atoms with Gasteiger partial charge in [0.2, 0.25) is 11.8 Å². The largest absolute Gasteiger partial charge is 0.493 e. The lowest BCUT2D eigenvalue weighted by Gasteiger charge is -2.20. The summed E-state index contributed by atoms with van der Waals surface area (Å²) in [7, 11) is 1.54. The molecule has 0 saturated heterocycles. The molecule has 0 bridgehead atoms. The van der Waals surface area contributed by atoms with E-state index in [4.69, 9.17) is 21.1 Å². The van der Waals surface area contributed by atoms with Crippen LogP contribution in [-0.4, -0.2) is 32.1 Å². The van der Waals surface area contributed by atoms with E-state index in [2.05, 4.69) is 10.6 Å². The van der Waals surface area contributed by atoms with E-state index in [1.54, 1.807) is 19.2 Å². The zero-order valence-corrected chi connectivity index (χ0v) is 16.9. The number of hydrogen-bond acceptors (Lipinski definition) is 4. The Kier molecular flexibility index (Phi) is 8.72. The average Bonchev–Trinajstić information content (AvgIpc) is 2.67. The third-order valence-corrected chi connectivity index (χ3v) is 4.99. The summed E-state index contributed by atoms with van der Waals surface area (Å²) >= 11 is 6.23. The van der Waals surface area contributed by atoms with Crippen LogP contribution < -0.4 is 20.1 Å². The molecule has 2 amide bonds. The number of nitrogens with one attached hydrogen (secondary N) is 2. The number of halogens is 1. The monoisotopic (exact) mass is 396 g/mol. The van der Waals surface area contributed by atoms with Crippen molar-refractivity contribution in [2.24, 2.45) is 5.92 Å². The Morgan fingerprint density at radius 2 is 1.89 bits per heavy atom. The van der Waals surface area contributed by atoms with E-state index in [1.807, 2.05) is 6.92 Å². The van der Waals surface area contributed by atoms with Crippen LogP contribution in [0.3, 0.4) is 0 Å². The highest BCUT2D eigenvalue weighted by Gasteiger charge is 2.17. The second kappa shape index (κ2) is 11.0. The molecule has 27 heavy (non-hydrogen) atoms. The number of methoxy groups -OCH3 is 1. The van der Waals surface area contributed by atoms with Gasteiger partial charge in [0.25, 0.3) is 0 Å². The van der Waals surface area contributed by atoms with Crippen molar-refractivity contribution in [1.82, 2.24) is 10.6 Å². The third-order valence-electron chi connectivity index (χ3n) is 4.71. The van der Waals surface area contributed by atoms with Gasteiger partial charge in [0.1, 0.15) is 0 Å². The molecule has 1 aliphatic carbocycles. The Morgan fingerprint density at radius 1 is 1.15 bits per heavy atom. The standard InChI is InChI=1S/C20H29ClN2O4/c1-3-27-20-16(21)9-15(10-17(20)26-2)12-22-19(25)13-23-18(24)11-14-7-5-4-6-8-14/h9-10,14H,3-8,11-13H2,1-2H3,(H,22,25)(H,23,24). The maximum atomic E-state index is 12.0. The first-order valence-electron chi connectivity index (χ1n) is 9.56. The van der Waals surface area contributed by atoms with Crippen molar-refractivity contribution in [3.8, 4) is 11.5 Å². The van der Waals surface area contributed by atoms with Gasteiger partial charge in [-0.25, -0.2) is 0 Å².